The van der Waals surface area contributed by atoms with Crippen molar-refractivity contribution in [2.24, 2.45) is 0 Å². The SMILES string of the molecule is CC/C=C/C=C/C=C/C=C/CCCCCC(=O)OCC(COC(=O)CCCCCCCCCCCCCCCCCCCC)OC(=O)CCCCC/C=C/CCCCCCCCC. The molecule has 0 amide bonds. The Morgan fingerprint density at radius 2 is 0.635 bits per heavy atom. The van der Waals surface area contributed by atoms with Crippen molar-refractivity contribution in [2.75, 3.05) is 13.2 Å². The number of hydrogen-bond acceptors (Lipinski definition) is 6. The zero-order chi connectivity index (χ0) is 45.8. The molecule has 0 radical (unpaired) electrons. The fourth-order valence-corrected chi connectivity index (χ4v) is 7.57. The van der Waals surface area contributed by atoms with Crippen LogP contribution in [0.5, 0.6) is 0 Å². The van der Waals surface area contributed by atoms with E-state index in [1.165, 1.54) is 141 Å². The zero-order valence-electron chi connectivity index (χ0n) is 41.6. The molecular formula is C57H100O6. The highest BCUT2D eigenvalue weighted by molar-refractivity contribution is 5.71. The Morgan fingerprint density at radius 1 is 0.333 bits per heavy atom. The van der Waals surface area contributed by atoms with E-state index in [1.807, 2.05) is 30.4 Å². The van der Waals surface area contributed by atoms with Crippen LogP contribution >= 0.6 is 0 Å². The molecule has 0 aliphatic carbocycles. The van der Waals surface area contributed by atoms with Crippen LogP contribution in [0.25, 0.3) is 0 Å². The summed E-state index contributed by atoms with van der Waals surface area (Å²) in [7, 11) is 0. The van der Waals surface area contributed by atoms with E-state index in [0.29, 0.717) is 19.3 Å². The molecule has 6 heteroatoms. The van der Waals surface area contributed by atoms with Gasteiger partial charge in [-0.05, 0) is 64.2 Å². The molecule has 0 aromatic carbocycles. The molecule has 0 rings (SSSR count). The minimum Gasteiger partial charge on any atom is -0.462 e. The maximum atomic E-state index is 12.8. The molecule has 0 aliphatic rings. The maximum Gasteiger partial charge on any atom is 0.306 e. The third-order valence-electron chi connectivity index (χ3n) is 11.6. The van der Waals surface area contributed by atoms with Crippen molar-refractivity contribution in [3.8, 4) is 0 Å². The molecule has 0 aliphatic heterocycles. The van der Waals surface area contributed by atoms with Gasteiger partial charge in [0.15, 0.2) is 6.10 Å². The smallest absolute Gasteiger partial charge is 0.306 e. The van der Waals surface area contributed by atoms with Crippen LogP contribution in [0.4, 0.5) is 0 Å². The molecule has 0 saturated heterocycles. The van der Waals surface area contributed by atoms with E-state index in [0.717, 1.165) is 83.5 Å². The van der Waals surface area contributed by atoms with Crippen LogP contribution in [-0.4, -0.2) is 37.2 Å². The highest BCUT2D eigenvalue weighted by Crippen LogP contribution is 2.16. The topological polar surface area (TPSA) is 78.9 Å². The molecule has 1 atom stereocenters. The van der Waals surface area contributed by atoms with E-state index >= 15 is 0 Å². The van der Waals surface area contributed by atoms with Crippen molar-refractivity contribution in [1.29, 1.82) is 0 Å². The molecule has 0 N–H and O–H groups in total. The fraction of sp³-hybridized carbons (Fsp3) is 0.772. The molecule has 63 heavy (non-hydrogen) atoms. The first-order valence-electron chi connectivity index (χ1n) is 26.8. The molecule has 0 bridgehead atoms. The summed E-state index contributed by atoms with van der Waals surface area (Å²) in [6.45, 7) is 6.47. The summed E-state index contributed by atoms with van der Waals surface area (Å²) in [5, 5.41) is 0. The van der Waals surface area contributed by atoms with Gasteiger partial charge < -0.3 is 14.2 Å². The molecular weight excluding hydrogens is 781 g/mol. The van der Waals surface area contributed by atoms with Gasteiger partial charge >= 0.3 is 17.9 Å². The number of ether oxygens (including phenoxy) is 3. The highest BCUT2D eigenvalue weighted by Gasteiger charge is 2.19. The van der Waals surface area contributed by atoms with Gasteiger partial charge in [0.1, 0.15) is 13.2 Å². The van der Waals surface area contributed by atoms with Crippen LogP contribution in [0, 0.1) is 0 Å². The third-order valence-corrected chi connectivity index (χ3v) is 11.6. The van der Waals surface area contributed by atoms with Crippen LogP contribution in [0.2, 0.25) is 0 Å². The summed E-state index contributed by atoms with van der Waals surface area (Å²) in [5.74, 6) is -0.940. The number of esters is 3. The summed E-state index contributed by atoms with van der Waals surface area (Å²) in [5.41, 5.74) is 0. The van der Waals surface area contributed by atoms with Crippen LogP contribution in [-0.2, 0) is 28.6 Å². The van der Waals surface area contributed by atoms with Gasteiger partial charge in [0.05, 0.1) is 0 Å². The van der Waals surface area contributed by atoms with E-state index in [4.69, 9.17) is 14.2 Å². The first kappa shape index (κ1) is 60.1. The molecule has 0 saturated carbocycles. The Hall–Kier alpha value is -2.89. The third kappa shape index (κ3) is 50.0. The molecule has 0 aromatic heterocycles. The number of rotatable bonds is 48. The quantitative estimate of drug-likeness (QED) is 0.0199. The average Bonchev–Trinajstić information content (AvgIpc) is 3.28. The number of allylic oxidation sites excluding steroid dienone is 10. The second-order valence-electron chi connectivity index (χ2n) is 17.9. The summed E-state index contributed by atoms with van der Waals surface area (Å²) in [4.78, 5) is 38.0. The van der Waals surface area contributed by atoms with Crippen LogP contribution < -0.4 is 0 Å². The van der Waals surface area contributed by atoms with E-state index in [1.54, 1.807) is 0 Å². The lowest BCUT2D eigenvalue weighted by atomic mass is 10.0. The van der Waals surface area contributed by atoms with E-state index in [2.05, 4.69) is 51.2 Å². The Labute approximate surface area is 390 Å². The highest BCUT2D eigenvalue weighted by atomic mass is 16.6. The standard InChI is InChI=1S/C57H100O6/c1-4-7-10-13-16-19-22-25-27-28-29-30-33-35-38-41-44-47-50-56(59)62-53-54(52-61-55(58)49-46-43-40-37-34-31-24-21-18-15-12-9-6-3)63-57(60)51-48-45-42-39-36-32-26-23-20-17-14-11-8-5-2/h9,12,15,18,21,24,31-32,34,36,54H,4-8,10-11,13-14,16-17,19-20,22-23,25-30,33,35,37-53H2,1-3H3/b12-9+,18-15+,24-21+,34-31+,36-32+. The van der Waals surface area contributed by atoms with Gasteiger partial charge in [0.2, 0.25) is 0 Å². The number of carbonyl (C=O) groups is 3. The van der Waals surface area contributed by atoms with Gasteiger partial charge in [0.25, 0.3) is 0 Å². The molecule has 0 fully saturated rings. The molecule has 0 aromatic rings. The van der Waals surface area contributed by atoms with Gasteiger partial charge in [-0.25, -0.2) is 0 Å². The molecule has 0 spiro atoms. The average molecular weight is 881 g/mol. The lowest BCUT2D eigenvalue weighted by Gasteiger charge is -2.18. The van der Waals surface area contributed by atoms with Crippen molar-refractivity contribution in [3.05, 3.63) is 60.8 Å². The predicted octanol–water partition coefficient (Wildman–Crippen LogP) is 17.6. The minimum atomic E-state index is -0.795. The zero-order valence-corrected chi connectivity index (χ0v) is 41.6. The van der Waals surface area contributed by atoms with E-state index in [-0.39, 0.29) is 31.1 Å². The predicted molar refractivity (Wildman–Crippen MR) is 270 cm³/mol. The van der Waals surface area contributed by atoms with Gasteiger partial charge in [-0.1, -0.05) is 242 Å². The van der Waals surface area contributed by atoms with Gasteiger partial charge in [-0.2, -0.15) is 0 Å². The minimum absolute atomic E-state index is 0.0908. The Balaban J connectivity index is 4.39. The monoisotopic (exact) mass is 881 g/mol. The van der Waals surface area contributed by atoms with Crippen molar-refractivity contribution in [2.45, 2.75) is 271 Å². The molecule has 364 valence electrons. The number of unbranched alkanes of at least 4 members (excludes halogenated alkanes) is 30. The lowest BCUT2D eigenvalue weighted by molar-refractivity contribution is -0.167. The second kappa shape index (κ2) is 51.7. The number of carbonyl (C=O) groups excluding carboxylic acids is 3. The van der Waals surface area contributed by atoms with E-state index in [9.17, 15) is 14.4 Å². The van der Waals surface area contributed by atoms with Crippen LogP contribution in [0.3, 0.4) is 0 Å². The van der Waals surface area contributed by atoms with Crippen molar-refractivity contribution >= 4 is 17.9 Å². The summed E-state index contributed by atoms with van der Waals surface area (Å²) >= 11 is 0. The summed E-state index contributed by atoms with van der Waals surface area (Å²) in [6, 6.07) is 0. The van der Waals surface area contributed by atoms with Crippen molar-refractivity contribution in [1.82, 2.24) is 0 Å². The fourth-order valence-electron chi connectivity index (χ4n) is 7.57. The normalized spacial score (nSPS) is 12.5. The van der Waals surface area contributed by atoms with Crippen molar-refractivity contribution in [3.63, 3.8) is 0 Å². The van der Waals surface area contributed by atoms with Gasteiger partial charge in [-0.15, -0.1) is 0 Å². The lowest BCUT2D eigenvalue weighted by Crippen LogP contribution is -2.30. The molecule has 6 nitrogen and oxygen atoms in total. The Morgan fingerprint density at radius 3 is 1.03 bits per heavy atom. The summed E-state index contributed by atoms with van der Waals surface area (Å²) in [6.07, 6.45) is 63.6. The number of hydrogen-bond donors (Lipinski definition) is 0. The first-order chi connectivity index (χ1) is 31.0. The second-order valence-corrected chi connectivity index (χ2v) is 17.9. The Kier molecular flexibility index (Phi) is 49.4. The summed E-state index contributed by atoms with van der Waals surface area (Å²) < 4.78 is 16.8. The molecule has 0 heterocycles. The van der Waals surface area contributed by atoms with E-state index < -0.39 is 6.10 Å². The first-order valence-corrected chi connectivity index (χ1v) is 26.8. The van der Waals surface area contributed by atoms with Crippen molar-refractivity contribution < 1.29 is 28.6 Å². The molecule has 1 unspecified atom stereocenters. The van der Waals surface area contributed by atoms with Gasteiger partial charge in [0, 0.05) is 19.3 Å². The maximum absolute atomic E-state index is 12.8. The largest absolute Gasteiger partial charge is 0.462 e. The van der Waals surface area contributed by atoms with Crippen LogP contribution in [0.1, 0.15) is 265 Å². The van der Waals surface area contributed by atoms with Gasteiger partial charge in [-0.3, -0.25) is 14.4 Å². The Bertz CT molecular complexity index is 1150. The van der Waals surface area contributed by atoms with Crippen LogP contribution in [0.15, 0.2) is 60.8 Å².